The predicted octanol–water partition coefficient (Wildman–Crippen LogP) is 3.86. The molecule has 2 aromatic carbocycles. The monoisotopic (exact) mass is 423 g/mol. The van der Waals surface area contributed by atoms with Crippen molar-refractivity contribution in [2.24, 2.45) is 0 Å². The van der Waals surface area contributed by atoms with E-state index in [-0.39, 0.29) is 31.1 Å². The quantitative estimate of drug-likeness (QED) is 0.557. The number of esters is 1. The van der Waals surface area contributed by atoms with Gasteiger partial charge in [0.15, 0.2) is 6.61 Å². The summed E-state index contributed by atoms with van der Waals surface area (Å²) in [5, 5.41) is 2.92. The summed E-state index contributed by atoms with van der Waals surface area (Å²) in [4.78, 5) is 29.5. The Bertz CT molecular complexity index is 1090. The summed E-state index contributed by atoms with van der Waals surface area (Å²) in [6.45, 7) is 9.28. The second-order valence-electron chi connectivity index (χ2n) is 7.93. The Balaban J connectivity index is 1.74. The molecule has 1 N–H and O–H groups in total. The first kappa shape index (κ1) is 22.3. The van der Waals surface area contributed by atoms with Gasteiger partial charge in [-0.15, -0.1) is 0 Å². The van der Waals surface area contributed by atoms with Crippen LogP contribution in [0.4, 0.5) is 0 Å². The van der Waals surface area contributed by atoms with Gasteiger partial charge >= 0.3 is 5.97 Å². The van der Waals surface area contributed by atoms with Crippen LogP contribution in [0.25, 0.3) is 11.0 Å². The van der Waals surface area contributed by atoms with Crippen LogP contribution in [0.1, 0.15) is 43.8 Å². The van der Waals surface area contributed by atoms with Crippen molar-refractivity contribution >= 4 is 22.9 Å². The van der Waals surface area contributed by atoms with Gasteiger partial charge in [-0.2, -0.15) is 0 Å². The van der Waals surface area contributed by atoms with Gasteiger partial charge in [-0.1, -0.05) is 24.3 Å². The number of hydrogen-bond acceptors (Lipinski definition) is 5. The van der Waals surface area contributed by atoms with Crippen molar-refractivity contribution in [2.45, 2.75) is 53.3 Å². The lowest BCUT2D eigenvalue weighted by Crippen LogP contribution is -2.33. The van der Waals surface area contributed by atoms with Crippen LogP contribution in [0.2, 0.25) is 0 Å². The normalized spacial score (nSPS) is 12.1. The van der Waals surface area contributed by atoms with Crippen LogP contribution in [-0.4, -0.2) is 34.1 Å². The lowest BCUT2D eigenvalue weighted by Gasteiger charge is -2.17. The third-order valence-corrected chi connectivity index (χ3v) is 4.81. The lowest BCUT2D eigenvalue weighted by atomic mass is 10.1. The molecule has 3 rings (SSSR count). The first-order valence-electron chi connectivity index (χ1n) is 10.4. The number of rotatable bonds is 8. The van der Waals surface area contributed by atoms with Crippen molar-refractivity contribution in [2.75, 3.05) is 6.61 Å². The van der Waals surface area contributed by atoms with Gasteiger partial charge in [0.05, 0.1) is 23.2 Å². The van der Waals surface area contributed by atoms with Crippen LogP contribution < -0.4 is 10.1 Å². The molecule has 0 bridgehead atoms. The molecule has 7 heteroatoms. The van der Waals surface area contributed by atoms with E-state index in [2.05, 4.69) is 10.3 Å². The van der Waals surface area contributed by atoms with Crippen LogP contribution >= 0.6 is 0 Å². The summed E-state index contributed by atoms with van der Waals surface area (Å²) in [6, 6.07) is 13.0. The van der Waals surface area contributed by atoms with Gasteiger partial charge in [0.2, 0.25) is 0 Å². The van der Waals surface area contributed by atoms with E-state index in [1.165, 1.54) is 0 Å². The van der Waals surface area contributed by atoms with Crippen LogP contribution in [0.15, 0.2) is 42.5 Å². The second-order valence-corrected chi connectivity index (χ2v) is 7.93. The Labute approximate surface area is 182 Å². The zero-order chi connectivity index (χ0) is 22.5. The van der Waals surface area contributed by atoms with E-state index in [1.54, 1.807) is 4.57 Å². The van der Waals surface area contributed by atoms with E-state index in [1.807, 2.05) is 77.1 Å². The third kappa shape index (κ3) is 5.63. The summed E-state index contributed by atoms with van der Waals surface area (Å²) >= 11 is 0. The predicted molar refractivity (Wildman–Crippen MR) is 119 cm³/mol. The Kier molecular flexibility index (Phi) is 6.95. The van der Waals surface area contributed by atoms with E-state index in [0.717, 1.165) is 22.2 Å². The third-order valence-electron chi connectivity index (χ3n) is 4.81. The zero-order valence-electron chi connectivity index (χ0n) is 18.6. The molecule has 1 heterocycles. The van der Waals surface area contributed by atoms with E-state index < -0.39 is 6.04 Å². The average Bonchev–Trinajstić information content (AvgIpc) is 3.06. The molecule has 3 aromatic rings. The Morgan fingerprint density at radius 3 is 2.58 bits per heavy atom. The number of nitrogens with zero attached hydrogens (tertiary/aromatic N) is 2. The number of carbonyl (C=O) groups is 2. The maximum absolute atomic E-state index is 12.5. The molecule has 164 valence electrons. The van der Waals surface area contributed by atoms with Crippen LogP contribution in [0.3, 0.4) is 0 Å². The highest BCUT2D eigenvalue weighted by molar-refractivity contribution is 5.80. The Morgan fingerprint density at radius 2 is 1.84 bits per heavy atom. The average molecular weight is 424 g/mol. The Morgan fingerprint density at radius 1 is 1.10 bits per heavy atom. The van der Waals surface area contributed by atoms with Gasteiger partial charge in [0.1, 0.15) is 18.1 Å². The molecule has 7 nitrogen and oxygen atoms in total. The second kappa shape index (κ2) is 9.64. The van der Waals surface area contributed by atoms with Gasteiger partial charge in [0, 0.05) is 0 Å². The highest BCUT2D eigenvalue weighted by atomic mass is 16.5. The number of fused-ring (bicyclic) bond motifs is 1. The minimum absolute atomic E-state index is 0.0211. The number of ether oxygens (including phenoxy) is 2. The summed E-state index contributed by atoms with van der Waals surface area (Å²) < 4.78 is 12.8. The summed E-state index contributed by atoms with van der Waals surface area (Å²) in [5.74, 6) is 0.654. The van der Waals surface area contributed by atoms with Crippen molar-refractivity contribution in [3.8, 4) is 5.75 Å². The summed E-state index contributed by atoms with van der Waals surface area (Å²) in [6.07, 6.45) is -0.204. The molecule has 0 saturated carbocycles. The fourth-order valence-corrected chi connectivity index (χ4v) is 3.37. The molecular weight excluding hydrogens is 394 g/mol. The topological polar surface area (TPSA) is 82.5 Å². The summed E-state index contributed by atoms with van der Waals surface area (Å²) in [5.41, 5.74) is 3.60. The molecule has 0 radical (unpaired) electrons. The molecule has 1 unspecified atom stereocenters. The van der Waals surface area contributed by atoms with Gasteiger partial charge in [0.25, 0.3) is 5.91 Å². The Hall–Kier alpha value is -3.35. The molecule has 0 aliphatic heterocycles. The number of carbonyl (C=O) groups excluding carboxylic acids is 2. The number of aromatic nitrogens is 2. The minimum Gasteiger partial charge on any atom is -0.483 e. The van der Waals surface area contributed by atoms with Crippen LogP contribution in [0, 0.1) is 13.8 Å². The van der Waals surface area contributed by atoms with E-state index in [0.29, 0.717) is 11.6 Å². The number of para-hydroxylation sites is 2. The largest absolute Gasteiger partial charge is 0.483 e. The zero-order valence-corrected chi connectivity index (χ0v) is 18.6. The highest BCUT2D eigenvalue weighted by Crippen LogP contribution is 2.22. The first-order valence-corrected chi connectivity index (χ1v) is 10.4. The fourth-order valence-electron chi connectivity index (χ4n) is 3.37. The van der Waals surface area contributed by atoms with Gasteiger partial charge < -0.3 is 19.4 Å². The molecule has 0 fully saturated rings. The number of nitrogens with one attached hydrogen (secondary N) is 1. The van der Waals surface area contributed by atoms with Crippen molar-refractivity contribution in [1.82, 2.24) is 14.9 Å². The van der Waals surface area contributed by atoms with E-state index in [9.17, 15) is 9.59 Å². The molecule has 31 heavy (non-hydrogen) atoms. The van der Waals surface area contributed by atoms with E-state index in [4.69, 9.17) is 9.47 Å². The van der Waals surface area contributed by atoms with Gasteiger partial charge in [-0.3, -0.25) is 9.59 Å². The molecular formula is C24H29N3O4. The smallest absolute Gasteiger partial charge is 0.326 e. The highest BCUT2D eigenvalue weighted by Gasteiger charge is 2.21. The van der Waals surface area contributed by atoms with Crippen molar-refractivity contribution in [1.29, 1.82) is 0 Å². The number of amides is 1. The van der Waals surface area contributed by atoms with E-state index >= 15 is 0 Å². The summed E-state index contributed by atoms with van der Waals surface area (Å²) in [7, 11) is 0. The first-order chi connectivity index (χ1) is 14.7. The molecule has 0 aliphatic carbocycles. The van der Waals surface area contributed by atoms with Gasteiger partial charge in [-0.05, 0) is 63.9 Å². The molecule has 0 spiro atoms. The van der Waals surface area contributed by atoms with Crippen molar-refractivity contribution in [3.63, 3.8) is 0 Å². The number of imidazole rings is 1. The minimum atomic E-state index is -0.422. The number of hydrogen-bond donors (Lipinski definition) is 1. The molecule has 1 atom stereocenters. The maximum Gasteiger partial charge on any atom is 0.326 e. The number of aryl methyl sites for hydroxylation is 2. The fraction of sp³-hybridized carbons (Fsp3) is 0.375. The van der Waals surface area contributed by atoms with Crippen LogP contribution in [0.5, 0.6) is 5.75 Å². The molecule has 0 aliphatic rings. The maximum atomic E-state index is 12.5. The van der Waals surface area contributed by atoms with Crippen molar-refractivity contribution in [3.05, 3.63) is 59.4 Å². The van der Waals surface area contributed by atoms with Gasteiger partial charge in [-0.25, -0.2) is 4.98 Å². The standard InChI is InChI=1S/C24H29N3O4/c1-15(2)31-23(29)13-27-20-9-7-6-8-19(20)26-24(27)18(5)25-22(28)14-30-21-12-16(3)10-11-17(21)4/h6-12,15,18H,13-14H2,1-5H3,(H,25,28). The van der Waals surface area contributed by atoms with Crippen molar-refractivity contribution < 1.29 is 19.1 Å². The molecule has 0 saturated heterocycles. The number of benzene rings is 2. The molecule has 1 aromatic heterocycles. The SMILES string of the molecule is Cc1ccc(C)c(OCC(=O)NC(C)c2nc3ccccc3n2CC(=O)OC(C)C)c1. The van der Waals surface area contributed by atoms with Crippen LogP contribution in [-0.2, 0) is 20.9 Å². The lowest BCUT2D eigenvalue weighted by molar-refractivity contribution is -0.148. The molecule has 1 amide bonds.